The average molecular weight is 502 g/mol. The minimum absolute atomic E-state index is 0.0487. The Labute approximate surface area is 215 Å². The van der Waals surface area contributed by atoms with E-state index in [1.807, 2.05) is 28.8 Å². The number of rotatable bonds is 3. The third-order valence-corrected chi connectivity index (χ3v) is 9.73. The van der Waals surface area contributed by atoms with Crippen LogP contribution in [0.4, 0.5) is 0 Å². The van der Waals surface area contributed by atoms with Gasteiger partial charge in [-0.3, -0.25) is 19.5 Å². The maximum atomic E-state index is 14.0. The number of benzene rings is 1. The van der Waals surface area contributed by atoms with Crippen molar-refractivity contribution >= 4 is 11.0 Å². The highest BCUT2D eigenvalue weighted by molar-refractivity contribution is 5.75. The lowest BCUT2D eigenvalue weighted by Crippen LogP contribution is -2.58. The molecule has 2 aliphatic heterocycles. The Morgan fingerprint density at radius 3 is 2.19 bits per heavy atom. The van der Waals surface area contributed by atoms with Gasteiger partial charge in [-0.25, -0.2) is 14.3 Å². The first-order valence-corrected chi connectivity index (χ1v) is 14.2. The van der Waals surface area contributed by atoms with Crippen LogP contribution in [-0.4, -0.2) is 42.1 Å². The summed E-state index contributed by atoms with van der Waals surface area (Å²) in [5, 5.41) is 0. The summed E-state index contributed by atoms with van der Waals surface area (Å²) in [5.74, 6) is 1.86. The SMILES string of the molecule is O=c1ccn(-c2nc3ccccc3n([C@H]3C[C@H]4CCC[C@@H](C3)N4[C@H]3C[C@@H]4CCC[C@@H](C4)C3)c2=O)c(=O)[nH]1. The minimum Gasteiger partial charge on any atom is -0.300 e. The molecule has 4 aliphatic rings. The van der Waals surface area contributed by atoms with E-state index in [4.69, 9.17) is 0 Å². The standard InChI is InChI=1S/C29H35N5O3/c35-26-11-12-32(29(37)31-26)27-28(36)34(25-10-2-1-9-24(25)30-27)23-16-20-7-4-8-21(17-23)33(20)22-14-18-5-3-6-19(13-18)15-22/h1-2,9-12,18-23H,3-8,13-17H2,(H,31,35,37)/t18-,19+,20-,21+,22+,23+. The van der Waals surface area contributed by atoms with Gasteiger partial charge in [-0.2, -0.15) is 0 Å². The normalized spacial score (nSPS) is 31.9. The first-order valence-electron chi connectivity index (χ1n) is 14.2. The molecule has 4 heterocycles. The Kier molecular flexibility index (Phi) is 5.68. The summed E-state index contributed by atoms with van der Waals surface area (Å²) < 4.78 is 3.08. The molecule has 194 valence electrons. The van der Waals surface area contributed by atoms with Crippen molar-refractivity contribution in [2.45, 2.75) is 94.8 Å². The molecular formula is C29H35N5O3. The van der Waals surface area contributed by atoms with Crippen LogP contribution in [0.5, 0.6) is 0 Å². The van der Waals surface area contributed by atoms with Gasteiger partial charge in [0.15, 0.2) is 0 Å². The predicted octanol–water partition coefficient (Wildman–Crippen LogP) is 3.76. The Morgan fingerprint density at radius 1 is 0.757 bits per heavy atom. The summed E-state index contributed by atoms with van der Waals surface area (Å²) in [7, 11) is 0. The van der Waals surface area contributed by atoms with E-state index in [1.165, 1.54) is 74.6 Å². The van der Waals surface area contributed by atoms with Crippen molar-refractivity contribution in [3.8, 4) is 5.82 Å². The summed E-state index contributed by atoms with van der Waals surface area (Å²) in [6, 6.07) is 10.7. The van der Waals surface area contributed by atoms with Crippen molar-refractivity contribution in [1.82, 2.24) is 24.0 Å². The van der Waals surface area contributed by atoms with Crippen LogP contribution in [0.2, 0.25) is 0 Å². The molecule has 6 atom stereocenters. The summed E-state index contributed by atoms with van der Waals surface area (Å²) >= 11 is 0. The highest BCUT2D eigenvalue weighted by Gasteiger charge is 2.45. The number of nitrogens with zero attached hydrogens (tertiary/aromatic N) is 4. The molecule has 8 heteroatoms. The number of nitrogens with one attached hydrogen (secondary N) is 1. The molecule has 2 saturated heterocycles. The van der Waals surface area contributed by atoms with E-state index < -0.39 is 11.2 Å². The molecule has 0 amide bonds. The fourth-order valence-electron chi connectivity index (χ4n) is 8.38. The molecule has 0 radical (unpaired) electrons. The Balaban J connectivity index is 1.28. The minimum atomic E-state index is -0.645. The average Bonchev–Trinajstić information content (AvgIpc) is 2.88. The van der Waals surface area contributed by atoms with Crippen LogP contribution in [0, 0.1) is 11.8 Å². The molecule has 2 aliphatic carbocycles. The summed E-state index contributed by atoms with van der Waals surface area (Å²) in [6.45, 7) is 0. The number of hydrogen-bond donors (Lipinski definition) is 1. The van der Waals surface area contributed by atoms with Gasteiger partial charge in [0.05, 0.1) is 11.0 Å². The monoisotopic (exact) mass is 501 g/mol. The topological polar surface area (TPSA) is 93.0 Å². The molecule has 1 N–H and O–H groups in total. The first-order chi connectivity index (χ1) is 18.0. The molecule has 0 unspecified atom stereocenters. The molecule has 7 rings (SSSR count). The van der Waals surface area contributed by atoms with Crippen molar-refractivity contribution in [3.05, 3.63) is 67.7 Å². The van der Waals surface area contributed by atoms with Gasteiger partial charge in [-0.05, 0) is 68.9 Å². The number of para-hydroxylation sites is 2. The third-order valence-electron chi connectivity index (χ3n) is 9.73. The van der Waals surface area contributed by atoms with Crippen LogP contribution in [0.25, 0.3) is 16.9 Å². The lowest BCUT2D eigenvalue weighted by molar-refractivity contribution is -0.0485. The molecule has 4 fully saturated rings. The van der Waals surface area contributed by atoms with Crippen molar-refractivity contribution in [2.75, 3.05) is 0 Å². The molecule has 0 spiro atoms. The van der Waals surface area contributed by atoms with Gasteiger partial charge < -0.3 is 4.57 Å². The quantitative estimate of drug-likeness (QED) is 0.590. The fourth-order valence-corrected chi connectivity index (χ4v) is 8.38. The fraction of sp³-hybridized carbons (Fsp3) is 0.586. The van der Waals surface area contributed by atoms with E-state index in [1.54, 1.807) is 0 Å². The van der Waals surface area contributed by atoms with Gasteiger partial charge in [0.2, 0.25) is 5.82 Å². The molecule has 37 heavy (non-hydrogen) atoms. The van der Waals surface area contributed by atoms with Gasteiger partial charge in [0.25, 0.3) is 11.1 Å². The number of aromatic nitrogens is 4. The maximum absolute atomic E-state index is 14.0. The van der Waals surface area contributed by atoms with Gasteiger partial charge >= 0.3 is 5.69 Å². The molecule has 2 saturated carbocycles. The number of aromatic amines is 1. The van der Waals surface area contributed by atoms with E-state index >= 15 is 0 Å². The first kappa shape index (κ1) is 23.1. The van der Waals surface area contributed by atoms with Crippen LogP contribution >= 0.6 is 0 Å². The van der Waals surface area contributed by atoms with E-state index in [0.717, 1.165) is 30.2 Å². The number of piperidine rings is 2. The van der Waals surface area contributed by atoms with Crippen LogP contribution < -0.4 is 16.8 Å². The molecule has 1 aromatic carbocycles. The van der Waals surface area contributed by atoms with E-state index in [9.17, 15) is 14.4 Å². The Bertz CT molecular complexity index is 1480. The van der Waals surface area contributed by atoms with Crippen LogP contribution in [0.1, 0.15) is 76.7 Å². The second-order valence-corrected chi connectivity index (χ2v) is 11.9. The van der Waals surface area contributed by atoms with Crippen LogP contribution in [0.3, 0.4) is 0 Å². The highest BCUT2D eigenvalue weighted by atomic mass is 16.2. The number of hydrogen-bond acceptors (Lipinski definition) is 5. The van der Waals surface area contributed by atoms with E-state index in [0.29, 0.717) is 23.6 Å². The zero-order chi connectivity index (χ0) is 25.1. The molecular weight excluding hydrogens is 466 g/mol. The predicted molar refractivity (Wildman–Crippen MR) is 142 cm³/mol. The zero-order valence-corrected chi connectivity index (χ0v) is 21.2. The number of fused-ring (bicyclic) bond motifs is 5. The van der Waals surface area contributed by atoms with Crippen LogP contribution in [0.15, 0.2) is 50.9 Å². The van der Waals surface area contributed by atoms with Crippen LogP contribution in [-0.2, 0) is 0 Å². The largest absolute Gasteiger partial charge is 0.334 e. The van der Waals surface area contributed by atoms with Gasteiger partial charge in [0.1, 0.15) is 0 Å². The van der Waals surface area contributed by atoms with Gasteiger partial charge in [0, 0.05) is 36.4 Å². The smallest absolute Gasteiger partial charge is 0.300 e. The molecule has 8 nitrogen and oxygen atoms in total. The van der Waals surface area contributed by atoms with E-state index in [2.05, 4.69) is 14.9 Å². The second kappa shape index (κ2) is 9.08. The van der Waals surface area contributed by atoms with Gasteiger partial charge in [-0.15, -0.1) is 0 Å². The lowest BCUT2D eigenvalue weighted by Gasteiger charge is -2.55. The third kappa shape index (κ3) is 4.00. The summed E-state index contributed by atoms with van der Waals surface area (Å²) in [5.41, 5.74) is 0.0970. The van der Waals surface area contributed by atoms with Crippen molar-refractivity contribution in [3.63, 3.8) is 0 Å². The number of H-pyrrole nitrogens is 1. The van der Waals surface area contributed by atoms with Crippen molar-refractivity contribution in [1.29, 1.82) is 0 Å². The summed E-state index contributed by atoms with van der Waals surface area (Å²) in [4.78, 5) is 48.0. The second-order valence-electron chi connectivity index (χ2n) is 11.9. The Morgan fingerprint density at radius 2 is 1.46 bits per heavy atom. The maximum Gasteiger partial charge on any atom is 0.334 e. The molecule has 3 aromatic rings. The van der Waals surface area contributed by atoms with Crippen molar-refractivity contribution in [2.24, 2.45) is 11.8 Å². The zero-order valence-electron chi connectivity index (χ0n) is 21.2. The Hall–Kier alpha value is -3.00. The highest BCUT2D eigenvalue weighted by Crippen LogP contribution is 2.47. The van der Waals surface area contributed by atoms with E-state index in [-0.39, 0.29) is 17.4 Å². The van der Waals surface area contributed by atoms with Gasteiger partial charge in [-0.1, -0.05) is 37.8 Å². The lowest BCUT2D eigenvalue weighted by atomic mass is 9.68. The molecule has 4 bridgehead atoms. The molecule has 2 aromatic heterocycles. The van der Waals surface area contributed by atoms with Crippen molar-refractivity contribution < 1.29 is 0 Å². The summed E-state index contributed by atoms with van der Waals surface area (Å²) in [6.07, 6.45) is 15.3.